The molecule has 0 amide bonds. The number of sulfonamides is 1. The van der Waals surface area contributed by atoms with Gasteiger partial charge in [-0.05, 0) is 36.8 Å². The van der Waals surface area contributed by atoms with E-state index in [9.17, 15) is 8.42 Å². The number of hydrogen-bond donors (Lipinski definition) is 2. The predicted octanol–water partition coefficient (Wildman–Crippen LogP) is 1.70. The van der Waals surface area contributed by atoms with Crippen molar-refractivity contribution >= 4 is 15.7 Å². The zero-order chi connectivity index (χ0) is 13.9. The van der Waals surface area contributed by atoms with Crippen molar-refractivity contribution in [2.75, 3.05) is 5.73 Å². The minimum atomic E-state index is -3.57. The standard InChI is InChI=1S/C13H15N3O2S/c1-10(11-4-2-5-12(14)8-11)16-19(17,18)13-6-3-7-15-9-13/h2-10,16H,14H2,1H3. The largest absolute Gasteiger partial charge is 0.399 e. The van der Waals surface area contributed by atoms with Crippen LogP contribution in [0.2, 0.25) is 0 Å². The minimum absolute atomic E-state index is 0.144. The number of anilines is 1. The summed E-state index contributed by atoms with van der Waals surface area (Å²) in [4.78, 5) is 3.95. The van der Waals surface area contributed by atoms with Gasteiger partial charge in [0.25, 0.3) is 0 Å². The summed E-state index contributed by atoms with van der Waals surface area (Å²) in [6, 6.07) is 9.84. The molecule has 1 aromatic heterocycles. The van der Waals surface area contributed by atoms with E-state index in [0.717, 1.165) is 5.56 Å². The van der Waals surface area contributed by atoms with Crippen molar-refractivity contribution in [1.82, 2.24) is 9.71 Å². The van der Waals surface area contributed by atoms with Gasteiger partial charge in [-0.15, -0.1) is 0 Å². The number of nitrogens with two attached hydrogens (primary N) is 1. The van der Waals surface area contributed by atoms with Gasteiger partial charge in [0, 0.05) is 24.1 Å². The van der Waals surface area contributed by atoms with Gasteiger partial charge < -0.3 is 5.73 Å². The second kappa shape index (κ2) is 5.38. The predicted molar refractivity (Wildman–Crippen MR) is 73.8 cm³/mol. The first-order valence-corrected chi connectivity index (χ1v) is 7.25. The molecule has 1 atom stereocenters. The van der Waals surface area contributed by atoms with Gasteiger partial charge in [-0.1, -0.05) is 12.1 Å². The third kappa shape index (κ3) is 3.30. The molecule has 6 heteroatoms. The summed E-state index contributed by atoms with van der Waals surface area (Å²) in [6.45, 7) is 1.77. The highest BCUT2D eigenvalue weighted by atomic mass is 32.2. The number of pyridine rings is 1. The molecule has 0 radical (unpaired) electrons. The van der Waals surface area contributed by atoms with Gasteiger partial charge in [0.05, 0.1) is 0 Å². The molecule has 2 aromatic rings. The highest BCUT2D eigenvalue weighted by Crippen LogP contribution is 2.18. The van der Waals surface area contributed by atoms with Crippen LogP contribution in [0.4, 0.5) is 5.69 Å². The van der Waals surface area contributed by atoms with E-state index in [1.54, 1.807) is 31.2 Å². The molecule has 0 spiro atoms. The smallest absolute Gasteiger partial charge is 0.242 e. The third-order valence-electron chi connectivity index (χ3n) is 2.69. The lowest BCUT2D eigenvalue weighted by Crippen LogP contribution is -2.27. The van der Waals surface area contributed by atoms with E-state index in [1.807, 2.05) is 6.07 Å². The van der Waals surface area contributed by atoms with Gasteiger partial charge in [-0.25, -0.2) is 13.1 Å². The highest BCUT2D eigenvalue weighted by Gasteiger charge is 2.18. The molecule has 0 aliphatic heterocycles. The van der Waals surface area contributed by atoms with E-state index < -0.39 is 10.0 Å². The Morgan fingerprint density at radius 1 is 1.26 bits per heavy atom. The van der Waals surface area contributed by atoms with E-state index in [-0.39, 0.29) is 10.9 Å². The second-order valence-corrected chi connectivity index (χ2v) is 5.92. The van der Waals surface area contributed by atoms with Gasteiger partial charge >= 0.3 is 0 Å². The van der Waals surface area contributed by atoms with Crippen LogP contribution in [0.3, 0.4) is 0 Å². The number of nitrogen functional groups attached to an aromatic ring is 1. The van der Waals surface area contributed by atoms with Crippen LogP contribution in [-0.4, -0.2) is 13.4 Å². The lowest BCUT2D eigenvalue weighted by Gasteiger charge is -2.14. The quantitative estimate of drug-likeness (QED) is 0.833. The average Bonchev–Trinajstić information content (AvgIpc) is 2.39. The van der Waals surface area contributed by atoms with Crippen molar-refractivity contribution < 1.29 is 8.42 Å². The third-order valence-corrected chi connectivity index (χ3v) is 4.21. The Balaban J connectivity index is 2.22. The first-order chi connectivity index (χ1) is 8.99. The summed E-state index contributed by atoms with van der Waals surface area (Å²) in [5, 5.41) is 0. The molecule has 5 nitrogen and oxygen atoms in total. The zero-order valence-electron chi connectivity index (χ0n) is 10.4. The first-order valence-electron chi connectivity index (χ1n) is 5.77. The van der Waals surface area contributed by atoms with Crippen LogP contribution >= 0.6 is 0 Å². The molecular formula is C13H15N3O2S. The van der Waals surface area contributed by atoms with E-state index >= 15 is 0 Å². The van der Waals surface area contributed by atoms with Crippen LogP contribution in [0.25, 0.3) is 0 Å². The van der Waals surface area contributed by atoms with Gasteiger partial charge in [-0.2, -0.15) is 0 Å². The second-order valence-electron chi connectivity index (χ2n) is 4.20. The summed E-state index contributed by atoms with van der Waals surface area (Å²) >= 11 is 0. The summed E-state index contributed by atoms with van der Waals surface area (Å²) in [6.07, 6.45) is 2.84. The Labute approximate surface area is 112 Å². The number of nitrogens with one attached hydrogen (secondary N) is 1. The van der Waals surface area contributed by atoms with E-state index in [0.29, 0.717) is 5.69 Å². The van der Waals surface area contributed by atoms with E-state index in [1.165, 1.54) is 18.5 Å². The van der Waals surface area contributed by atoms with Crippen LogP contribution in [0.15, 0.2) is 53.7 Å². The lowest BCUT2D eigenvalue weighted by molar-refractivity contribution is 0.566. The minimum Gasteiger partial charge on any atom is -0.399 e. The SMILES string of the molecule is CC(NS(=O)(=O)c1cccnc1)c1cccc(N)c1. The molecule has 2 rings (SSSR count). The molecule has 0 aliphatic carbocycles. The van der Waals surface area contributed by atoms with Crippen molar-refractivity contribution in [1.29, 1.82) is 0 Å². The molecule has 1 aromatic carbocycles. The van der Waals surface area contributed by atoms with Crippen molar-refractivity contribution in [3.8, 4) is 0 Å². The maximum absolute atomic E-state index is 12.1. The molecule has 0 saturated carbocycles. The van der Waals surface area contributed by atoms with Crippen LogP contribution in [-0.2, 0) is 10.0 Å². The molecule has 0 fully saturated rings. The molecule has 0 saturated heterocycles. The summed E-state index contributed by atoms with van der Waals surface area (Å²) in [5.74, 6) is 0. The first kappa shape index (κ1) is 13.5. The van der Waals surface area contributed by atoms with E-state index in [4.69, 9.17) is 5.73 Å². The topological polar surface area (TPSA) is 85.1 Å². The van der Waals surface area contributed by atoms with E-state index in [2.05, 4.69) is 9.71 Å². The van der Waals surface area contributed by atoms with Crippen LogP contribution in [0.5, 0.6) is 0 Å². The van der Waals surface area contributed by atoms with Gasteiger partial charge in [0.1, 0.15) is 4.90 Å². The highest BCUT2D eigenvalue weighted by molar-refractivity contribution is 7.89. The summed E-state index contributed by atoms with van der Waals surface area (Å²) in [7, 11) is -3.57. The van der Waals surface area contributed by atoms with Gasteiger partial charge in [-0.3, -0.25) is 4.98 Å². The normalized spacial score (nSPS) is 13.1. The summed E-state index contributed by atoms with van der Waals surface area (Å²) in [5.41, 5.74) is 7.10. The van der Waals surface area contributed by atoms with Crippen LogP contribution in [0.1, 0.15) is 18.5 Å². The molecule has 1 heterocycles. The molecule has 1 unspecified atom stereocenters. The van der Waals surface area contributed by atoms with Crippen LogP contribution in [0, 0.1) is 0 Å². The van der Waals surface area contributed by atoms with Gasteiger partial charge in [0.2, 0.25) is 10.0 Å². The molecule has 0 bridgehead atoms. The van der Waals surface area contributed by atoms with Crippen molar-refractivity contribution in [2.45, 2.75) is 17.9 Å². The maximum atomic E-state index is 12.1. The Kier molecular flexibility index (Phi) is 3.82. The Hall–Kier alpha value is -1.92. The number of aromatic nitrogens is 1. The molecular weight excluding hydrogens is 262 g/mol. The number of benzene rings is 1. The number of nitrogens with zero attached hydrogens (tertiary/aromatic N) is 1. The molecule has 19 heavy (non-hydrogen) atoms. The lowest BCUT2D eigenvalue weighted by atomic mass is 10.1. The number of hydrogen-bond acceptors (Lipinski definition) is 4. The Morgan fingerprint density at radius 2 is 2.05 bits per heavy atom. The van der Waals surface area contributed by atoms with Gasteiger partial charge in [0.15, 0.2) is 0 Å². The maximum Gasteiger partial charge on any atom is 0.242 e. The molecule has 3 N–H and O–H groups in total. The Bertz CT molecular complexity index is 657. The fourth-order valence-electron chi connectivity index (χ4n) is 1.70. The zero-order valence-corrected chi connectivity index (χ0v) is 11.3. The Morgan fingerprint density at radius 3 is 2.68 bits per heavy atom. The monoisotopic (exact) mass is 277 g/mol. The summed E-state index contributed by atoms with van der Waals surface area (Å²) < 4.78 is 26.8. The van der Waals surface area contributed by atoms with Crippen molar-refractivity contribution in [3.05, 3.63) is 54.4 Å². The number of rotatable bonds is 4. The fourth-order valence-corrected chi connectivity index (χ4v) is 2.90. The molecule has 100 valence electrons. The van der Waals surface area contributed by atoms with Crippen molar-refractivity contribution in [3.63, 3.8) is 0 Å². The van der Waals surface area contributed by atoms with Crippen LogP contribution < -0.4 is 10.5 Å². The average molecular weight is 277 g/mol. The van der Waals surface area contributed by atoms with Crippen molar-refractivity contribution in [2.24, 2.45) is 0 Å². The molecule has 0 aliphatic rings. The fraction of sp³-hybridized carbons (Fsp3) is 0.154.